The molecule has 16 heavy (non-hydrogen) atoms. The number of rotatable bonds is 4. The molecule has 1 rings (SSSR count). The summed E-state index contributed by atoms with van der Waals surface area (Å²) < 4.78 is 38.8. The molecular weight excluding hydrogens is 241 g/mol. The van der Waals surface area contributed by atoms with Crippen LogP contribution in [-0.2, 0) is 4.74 Å². The van der Waals surface area contributed by atoms with Crippen LogP contribution in [0.15, 0.2) is 0 Å². The maximum atomic E-state index is 11.7. The van der Waals surface area contributed by atoms with Crippen LogP contribution < -0.4 is 5.73 Å². The molecule has 1 saturated heterocycles. The van der Waals surface area contributed by atoms with E-state index in [2.05, 4.69) is 4.74 Å². The minimum Gasteiger partial charge on any atom is -0.393 e. The van der Waals surface area contributed by atoms with E-state index in [-0.39, 0.29) is 12.5 Å². The number of piperidine rings is 1. The molecule has 0 atom stereocenters. The Hall–Kier alpha value is -0.400. The third-order valence-electron chi connectivity index (χ3n) is 2.66. The van der Waals surface area contributed by atoms with Crippen molar-refractivity contribution in [1.82, 2.24) is 4.90 Å². The maximum absolute atomic E-state index is 11.7. The van der Waals surface area contributed by atoms with Crippen LogP contribution >= 0.6 is 12.2 Å². The average molecular weight is 256 g/mol. The molecule has 0 spiro atoms. The smallest absolute Gasteiger partial charge is 0.393 e. The first-order chi connectivity index (χ1) is 7.38. The lowest BCUT2D eigenvalue weighted by atomic mass is 9.97. The van der Waals surface area contributed by atoms with Gasteiger partial charge in [-0.1, -0.05) is 12.2 Å². The number of ether oxygens (including phenoxy) is 1. The fourth-order valence-corrected chi connectivity index (χ4v) is 1.97. The SMILES string of the molecule is NC(=S)C1CCN(CCOC(F)(F)F)CC1. The molecule has 3 nitrogen and oxygen atoms in total. The first-order valence-corrected chi connectivity index (χ1v) is 5.51. The third-order valence-corrected chi connectivity index (χ3v) is 3.00. The van der Waals surface area contributed by atoms with E-state index in [1.54, 1.807) is 0 Å². The van der Waals surface area contributed by atoms with E-state index in [1.807, 2.05) is 4.90 Å². The second-order valence-corrected chi connectivity index (χ2v) is 4.28. The molecule has 1 heterocycles. The van der Waals surface area contributed by atoms with Crippen molar-refractivity contribution in [2.45, 2.75) is 19.2 Å². The Kier molecular flexibility index (Phi) is 4.94. The van der Waals surface area contributed by atoms with E-state index in [9.17, 15) is 13.2 Å². The molecule has 0 aliphatic carbocycles. The Bertz CT molecular complexity index is 239. The van der Waals surface area contributed by atoms with Crippen molar-refractivity contribution in [2.75, 3.05) is 26.2 Å². The number of nitrogens with two attached hydrogens (primary N) is 1. The summed E-state index contributed by atoms with van der Waals surface area (Å²) in [6.45, 7) is 1.43. The predicted octanol–water partition coefficient (Wildman–Crippen LogP) is 1.52. The number of likely N-dealkylation sites (tertiary alicyclic amines) is 1. The normalized spacial score (nSPS) is 19.9. The molecule has 0 unspecified atom stereocenters. The molecule has 1 fully saturated rings. The molecule has 0 aromatic heterocycles. The van der Waals surface area contributed by atoms with Gasteiger partial charge in [0.15, 0.2) is 0 Å². The van der Waals surface area contributed by atoms with Gasteiger partial charge in [-0.25, -0.2) is 0 Å². The number of thiocarbonyl (C=S) groups is 1. The quantitative estimate of drug-likeness (QED) is 0.774. The van der Waals surface area contributed by atoms with Crippen LogP contribution in [0.3, 0.4) is 0 Å². The van der Waals surface area contributed by atoms with Gasteiger partial charge in [0.25, 0.3) is 0 Å². The number of alkyl halides is 3. The highest BCUT2D eigenvalue weighted by Gasteiger charge is 2.29. The highest BCUT2D eigenvalue weighted by Crippen LogP contribution is 2.18. The zero-order valence-electron chi connectivity index (χ0n) is 8.79. The Morgan fingerprint density at radius 1 is 1.38 bits per heavy atom. The van der Waals surface area contributed by atoms with Crippen molar-refractivity contribution < 1.29 is 17.9 Å². The number of hydrogen-bond donors (Lipinski definition) is 1. The van der Waals surface area contributed by atoms with Crippen molar-refractivity contribution in [2.24, 2.45) is 11.7 Å². The third kappa shape index (κ3) is 5.09. The molecule has 0 bridgehead atoms. The van der Waals surface area contributed by atoms with Crippen molar-refractivity contribution in [3.8, 4) is 0 Å². The van der Waals surface area contributed by atoms with Gasteiger partial charge in [-0.2, -0.15) is 0 Å². The van der Waals surface area contributed by atoms with Crippen LogP contribution in [0.5, 0.6) is 0 Å². The van der Waals surface area contributed by atoms with E-state index in [0.717, 1.165) is 25.9 Å². The first-order valence-electron chi connectivity index (χ1n) is 5.11. The van der Waals surface area contributed by atoms with Gasteiger partial charge in [-0.05, 0) is 25.9 Å². The van der Waals surface area contributed by atoms with Gasteiger partial charge < -0.3 is 10.6 Å². The van der Waals surface area contributed by atoms with Crippen LogP contribution in [0.2, 0.25) is 0 Å². The van der Waals surface area contributed by atoms with Crippen molar-refractivity contribution in [3.05, 3.63) is 0 Å². The lowest BCUT2D eigenvalue weighted by Crippen LogP contribution is -2.39. The van der Waals surface area contributed by atoms with Crippen LogP contribution in [0.4, 0.5) is 13.2 Å². The minimum absolute atomic E-state index is 0.231. The van der Waals surface area contributed by atoms with Crippen LogP contribution in [0.25, 0.3) is 0 Å². The molecule has 7 heteroatoms. The van der Waals surface area contributed by atoms with Crippen molar-refractivity contribution in [3.63, 3.8) is 0 Å². The summed E-state index contributed by atoms with van der Waals surface area (Å²) >= 11 is 4.88. The molecular formula is C9H15F3N2OS. The van der Waals surface area contributed by atoms with E-state index in [4.69, 9.17) is 18.0 Å². The molecule has 0 aromatic carbocycles. The van der Waals surface area contributed by atoms with Gasteiger partial charge in [0, 0.05) is 12.5 Å². The second-order valence-electron chi connectivity index (χ2n) is 3.81. The summed E-state index contributed by atoms with van der Waals surface area (Å²) in [6, 6.07) is 0. The second kappa shape index (κ2) is 5.79. The molecule has 0 aromatic rings. The lowest BCUT2D eigenvalue weighted by molar-refractivity contribution is -0.325. The van der Waals surface area contributed by atoms with E-state index < -0.39 is 6.36 Å². The average Bonchev–Trinajstić information content (AvgIpc) is 2.16. The monoisotopic (exact) mass is 256 g/mol. The van der Waals surface area contributed by atoms with E-state index in [0.29, 0.717) is 11.5 Å². The zero-order valence-corrected chi connectivity index (χ0v) is 9.61. The largest absolute Gasteiger partial charge is 0.522 e. The Morgan fingerprint density at radius 2 is 1.94 bits per heavy atom. The Morgan fingerprint density at radius 3 is 2.38 bits per heavy atom. The highest BCUT2D eigenvalue weighted by atomic mass is 32.1. The lowest BCUT2D eigenvalue weighted by Gasteiger charge is -2.31. The molecule has 1 aliphatic heterocycles. The molecule has 2 N–H and O–H groups in total. The molecule has 0 saturated carbocycles. The fourth-order valence-electron chi connectivity index (χ4n) is 1.73. The van der Waals surface area contributed by atoms with E-state index in [1.165, 1.54) is 0 Å². The van der Waals surface area contributed by atoms with Gasteiger partial charge >= 0.3 is 6.36 Å². The summed E-state index contributed by atoms with van der Waals surface area (Å²) in [4.78, 5) is 2.44. The van der Waals surface area contributed by atoms with Crippen LogP contribution in [-0.4, -0.2) is 42.5 Å². The Balaban J connectivity index is 2.15. The standard InChI is InChI=1S/C9H15F3N2OS/c10-9(11,12)15-6-5-14-3-1-7(2-4-14)8(13)16/h7H,1-6H2,(H2,13,16). The Labute approximate surface area is 97.7 Å². The van der Waals surface area contributed by atoms with Gasteiger partial charge in [0.05, 0.1) is 11.6 Å². The summed E-state index contributed by atoms with van der Waals surface area (Å²) in [5.74, 6) is 0.231. The summed E-state index contributed by atoms with van der Waals surface area (Å²) in [5, 5.41) is 0. The molecule has 1 aliphatic rings. The predicted molar refractivity (Wildman–Crippen MR) is 58.0 cm³/mol. The van der Waals surface area contributed by atoms with Crippen LogP contribution in [0, 0.1) is 5.92 Å². The highest BCUT2D eigenvalue weighted by molar-refractivity contribution is 7.80. The summed E-state index contributed by atoms with van der Waals surface area (Å²) in [6.07, 6.45) is -2.89. The molecule has 0 amide bonds. The summed E-state index contributed by atoms with van der Waals surface area (Å²) in [5.41, 5.74) is 5.51. The van der Waals surface area contributed by atoms with Gasteiger partial charge in [-0.3, -0.25) is 4.74 Å². The van der Waals surface area contributed by atoms with Crippen molar-refractivity contribution in [1.29, 1.82) is 0 Å². The summed E-state index contributed by atoms with van der Waals surface area (Å²) in [7, 11) is 0. The van der Waals surface area contributed by atoms with Crippen molar-refractivity contribution >= 4 is 17.2 Å². The van der Waals surface area contributed by atoms with Gasteiger partial charge in [0.2, 0.25) is 0 Å². The van der Waals surface area contributed by atoms with Gasteiger partial charge in [0.1, 0.15) is 0 Å². The van der Waals surface area contributed by atoms with Crippen LogP contribution in [0.1, 0.15) is 12.8 Å². The minimum atomic E-state index is -4.53. The number of nitrogens with zero attached hydrogens (tertiary/aromatic N) is 1. The van der Waals surface area contributed by atoms with Gasteiger partial charge in [-0.15, -0.1) is 13.2 Å². The molecule has 94 valence electrons. The topological polar surface area (TPSA) is 38.5 Å². The zero-order chi connectivity index (χ0) is 12.2. The fraction of sp³-hybridized carbons (Fsp3) is 0.889. The first kappa shape index (κ1) is 13.7. The number of hydrogen-bond acceptors (Lipinski definition) is 3. The van der Waals surface area contributed by atoms with E-state index >= 15 is 0 Å². The maximum Gasteiger partial charge on any atom is 0.522 e. The number of halogens is 3. The molecule has 0 radical (unpaired) electrons.